The summed E-state index contributed by atoms with van der Waals surface area (Å²) in [5.41, 5.74) is -1.57. The van der Waals surface area contributed by atoms with E-state index < -0.39 is 70.5 Å². The number of rotatable bonds is 11. The number of hydrogen-bond acceptors (Lipinski definition) is 2. The first-order chi connectivity index (χ1) is 22.9. The maximum atomic E-state index is 15.3. The van der Waals surface area contributed by atoms with Crippen molar-refractivity contribution in [2.24, 2.45) is 5.92 Å². The highest BCUT2D eigenvalue weighted by Gasteiger charge is 2.42. The number of allylic oxidation sites excluding steroid dienone is 2. The highest BCUT2D eigenvalue weighted by atomic mass is 19.3. The van der Waals surface area contributed by atoms with Crippen LogP contribution in [-0.2, 0) is 6.11 Å². The van der Waals surface area contributed by atoms with Gasteiger partial charge in [-0.25, -0.2) is 30.7 Å². The Hall–Kier alpha value is -4.41. The predicted octanol–water partition coefficient (Wildman–Crippen LogP) is 11.9. The van der Waals surface area contributed by atoms with Crippen molar-refractivity contribution in [2.75, 3.05) is 6.86 Å². The summed E-state index contributed by atoms with van der Waals surface area (Å²) >= 11 is 0. The van der Waals surface area contributed by atoms with Crippen LogP contribution >= 0.6 is 0 Å². The van der Waals surface area contributed by atoms with Crippen molar-refractivity contribution in [3.8, 4) is 33.8 Å². The summed E-state index contributed by atoms with van der Waals surface area (Å²) in [7, 11) is 0. The van der Waals surface area contributed by atoms with Crippen LogP contribution in [0.1, 0.15) is 62.5 Å². The van der Waals surface area contributed by atoms with Gasteiger partial charge in [-0.1, -0.05) is 36.4 Å². The minimum Gasteiger partial charge on any atom is -0.457 e. The topological polar surface area (TPSA) is 18.5 Å². The van der Waals surface area contributed by atoms with Crippen molar-refractivity contribution in [3.05, 3.63) is 119 Å². The zero-order valence-electron chi connectivity index (χ0n) is 25.8. The Morgan fingerprint density at radius 1 is 0.708 bits per heavy atom. The maximum absolute atomic E-state index is 15.3. The van der Waals surface area contributed by atoms with Gasteiger partial charge in [-0.2, -0.15) is 8.78 Å². The van der Waals surface area contributed by atoms with Gasteiger partial charge in [-0.15, -0.1) is 0 Å². The molecule has 1 saturated carbocycles. The molecule has 4 aromatic rings. The van der Waals surface area contributed by atoms with E-state index in [1.54, 1.807) is 6.07 Å². The molecule has 0 aliphatic heterocycles. The van der Waals surface area contributed by atoms with Crippen LogP contribution in [0.25, 0.3) is 22.3 Å². The average molecular weight is 679 g/mol. The Kier molecular flexibility index (Phi) is 10.8. The van der Waals surface area contributed by atoms with Crippen molar-refractivity contribution in [3.63, 3.8) is 0 Å². The lowest BCUT2D eigenvalue weighted by Gasteiger charge is -2.28. The summed E-state index contributed by atoms with van der Waals surface area (Å²) in [6.45, 7) is 0.387. The molecule has 1 aliphatic rings. The molecule has 0 amide bonds. The third kappa shape index (κ3) is 7.66. The van der Waals surface area contributed by atoms with E-state index in [9.17, 15) is 30.7 Å². The van der Waals surface area contributed by atoms with E-state index in [2.05, 4.69) is 15.5 Å². The number of benzene rings is 4. The number of hydrogen-bond donors (Lipinski definition) is 0. The van der Waals surface area contributed by atoms with Gasteiger partial charge in [0.15, 0.2) is 17.4 Å². The molecule has 0 unspecified atom stereocenters. The Bertz CT molecular complexity index is 1750. The molecule has 0 spiro atoms. The van der Waals surface area contributed by atoms with Crippen LogP contribution in [0.4, 0.5) is 39.5 Å². The van der Waals surface area contributed by atoms with Gasteiger partial charge in [-0.05, 0) is 98.2 Å². The second-order valence-electron chi connectivity index (χ2n) is 11.7. The first kappa shape index (κ1) is 34.9. The van der Waals surface area contributed by atoms with Gasteiger partial charge in [-0.3, -0.25) is 0 Å². The van der Waals surface area contributed by atoms with Crippen molar-refractivity contribution in [2.45, 2.75) is 57.5 Å². The van der Waals surface area contributed by atoms with Crippen LogP contribution in [-0.4, -0.2) is 6.86 Å². The molecule has 1 fully saturated rings. The minimum absolute atomic E-state index is 0.117. The van der Waals surface area contributed by atoms with Gasteiger partial charge in [0.05, 0.1) is 0 Å². The summed E-state index contributed by atoms with van der Waals surface area (Å²) in [4.78, 5) is 0. The smallest absolute Gasteiger partial charge is 0.432 e. The van der Waals surface area contributed by atoms with E-state index in [-0.39, 0.29) is 34.7 Å². The highest BCUT2D eigenvalue weighted by molar-refractivity contribution is 5.72. The van der Waals surface area contributed by atoms with Gasteiger partial charge >= 0.3 is 6.11 Å². The third-order valence-electron chi connectivity index (χ3n) is 8.63. The molecule has 1 aliphatic carbocycles. The van der Waals surface area contributed by atoms with Crippen LogP contribution in [0, 0.1) is 40.8 Å². The molecule has 48 heavy (non-hydrogen) atoms. The summed E-state index contributed by atoms with van der Waals surface area (Å²) < 4.78 is 139. The summed E-state index contributed by atoms with van der Waals surface area (Å²) in [5.74, 6) is -9.93. The Balaban J connectivity index is 1.32. The van der Waals surface area contributed by atoms with Crippen LogP contribution < -0.4 is 9.47 Å². The van der Waals surface area contributed by atoms with Gasteiger partial charge in [0.25, 0.3) is 0 Å². The number of ether oxygens (including phenoxy) is 2. The molecule has 0 saturated heterocycles. The fraction of sp³-hybridized carbons (Fsp3) is 0.297. The van der Waals surface area contributed by atoms with Crippen LogP contribution in [0.3, 0.4) is 0 Å². The molecule has 4 aromatic carbocycles. The monoisotopic (exact) mass is 678 g/mol. The van der Waals surface area contributed by atoms with Crippen molar-refractivity contribution in [1.82, 2.24) is 0 Å². The SMILES string of the molecule is CC=CCCC1CCC(c2ccc(-c3ccc(-c4cc(F)c(C(F)(F)Oc5cc(F)c(OCF)c(F)c5)c(F)c4)c(F)c3)c(F)c2)CC1. The van der Waals surface area contributed by atoms with Crippen LogP contribution in [0.2, 0.25) is 0 Å². The zero-order chi connectivity index (χ0) is 34.6. The molecule has 11 heteroatoms. The zero-order valence-corrected chi connectivity index (χ0v) is 25.8. The molecule has 0 aromatic heterocycles. The Labute approximate surface area is 271 Å². The summed E-state index contributed by atoms with van der Waals surface area (Å²) in [6.07, 6.45) is 5.64. The first-order valence-corrected chi connectivity index (χ1v) is 15.4. The van der Waals surface area contributed by atoms with Gasteiger partial charge in [0.1, 0.15) is 34.6 Å². The minimum atomic E-state index is -4.79. The van der Waals surface area contributed by atoms with Gasteiger partial charge in [0, 0.05) is 23.3 Å². The number of alkyl halides is 3. The lowest BCUT2D eigenvalue weighted by atomic mass is 9.77. The largest absolute Gasteiger partial charge is 0.457 e. The molecular formula is C37H31F9O2. The number of halogens is 9. The molecule has 0 atom stereocenters. The van der Waals surface area contributed by atoms with E-state index >= 15 is 8.78 Å². The average Bonchev–Trinajstić information content (AvgIpc) is 3.02. The molecular weight excluding hydrogens is 647 g/mol. The van der Waals surface area contributed by atoms with Gasteiger partial charge in [0.2, 0.25) is 6.86 Å². The van der Waals surface area contributed by atoms with E-state index in [0.717, 1.165) is 56.2 Å². The fourth-order valence-corrected chi connectivity index (χ4v) is 6.21. The molecule has 0 radical (unpaired) electrons. The Morgan fingerprint density at radius 3 is 1.88 bits per heavy atom. The quantitative estimate of drug-likeness (QED) is 0.116. The van der Waals surface area contributed by atoms with Crippen molar-refractivity contribution < 1.29 is 49.0 Å². The molecule has 5 rings (SSSR count). The molecule has 0 N–H and O–H groups in total. The lowest BCUT2D eigenvalue weighted by Crippen LogP contribution is -2.25. The lowest BCUT2D eigenvalue weighted by molar-refractivity contribution is -0.189. The molecule has 254 valence electrons. The second-order valence-corrected chi connectivity index (χ2v) is 11.7. The van der Waals surface area contributed by atoms with E-state index in [0.29, 0.717) is 18.1 Å². The maximum Gasteiger partial charge on any atom is 0.432 e. The summed E-state index contributed by atoms with van der Waals surface area (Å²) in [5, 5.41) is 0. The molecule has 0 bridgehead atoms. The highest BCUT2D eigenvalue weighted by Crippen LogP contribution is 2.41. The van der Waals surface area contributed by atoms with E-state index in [4.69, 9.17) is 0 Å². The Morgan fingerprint density at radius 2 is 1.29 bits per heavy atom. The van der Waals surface area contributed by atoms with Crippen molar-refractivity contribution >= 4 is 0 Å². The molecule has 2 nitrogen and oxygen atoms in total. The van der Waals surface area contributed by atoms with E-state index in [1.165, 1.54) is 12.1 Å². The molecule has 0 heterocycles. The van der Waals surface area contributed by atoms with E-state index in [1.807, 2.05) is 19.1 Å². The normalized spacial score (nSPS) is 16.8. The van der Waals surface area contributed by atoms with Crippen LogP contribution in [0.5, 0.6) is 11.5 Å². The second kappa shape index (κ2) is 14.8. The van der Waals surface area contributed by atoms with Crippen LogP contribution in [0.15, 0.2) is 72.8 Å². The standard InChI is InChI=1S/C37H31F9O2/c1-2-3-4-5-21-6-8-22(9-7-21)23-10-12-27(29(39)14-23)24-11-13-28(30(40)15-24)25-16-31(41)35(32(42)17-25)37(45,46)48-26-18-33(43)36(47-20-38)34(44)19-26/h2-3,10-19,21-22H,4-9,20H2,1H3. The first-order valence-electron chi connectivity index (χ1n) is 15.4. The van der Waals surface area contributed by atoms with Gasteiger partial charge < -0.3 is 9.47 Å². The fourth-order valence-electron chi connectivity index (χ4n) is 6.21. The third-order valence-corrected chi connectivity index (χ3v) is 8.63. The summed E-state index contributed by atoms with van der Waals surface area (Å²) in [6, 6.07) is 9.61. The predicted molar refractivity (Wildman–Crippen MR) is 163 cm³/mol. The van der Waals surface area contributed by atoms with Crippen molar-refractivity contribution in [1.29, 1.82) is 0 Å².